The Morgan fingerprint density at radius 3 is 3.05 bits per heavy atom. The summed E-state index contributed by atoms with van der Waals surface area (Å²) in [7, 11) is 0. The molecule has 3 atom stereocenters. The number of thioether (sulfide) groups is 1. The maximum absolute atomic E-state index is 4.66. The van der Waals surface area contributed by atoms with E-state index in [-0.39, 0.29) is 0 Å². The lowest BCUT2D eigenvalue weighted by atomic mass is 9.89. The average Bonchev–Trinajstić information content (AvgIpc) is 2.99. The van der Waals surface area contributed by atoms with Crippen LogP contribution in [-0.2, 0) is 0 Å². The highest BCUT2D eigenvalue weighted by atomic mass is 32.2. The van der Waals surface area contributed by atoms with E-state index in [4.69, 9.17) is 0 Å². The van der Waals surface area contributed by atoms with Gasteiger partial charge in [0.25, 0.3) is 0 Å². The molecule has 2 saturated heterocycles. The van der Waals surface area contributed by atoms with E-state index in [1.807, 2.05) is 11.8 Å². The highest BCUT2D eigenvalue weighted by molar-refractivity contribution is 7.99. The molecule has 0 aromatic carbocycles. The standard InChI is InChI=1S/C15H25N3S2/c1-11(2)5-4-8-19-15-14(16-20-17-15)13-10-18-7-3-6-12(13)9-18/h11-13H,3-10H2,1-2H3/t12-,13-/m1/s1. The largest absolute Gasteiger partial charge is 0.302 e. The number of aromatic nitrogens is 2. The van der Waals surface area contributed by atoms with E-state index in [2.05, 4.69) is 27.5 Å². The van der Waals surface area contributed by atoms with Gasteiger partial charge >= 0.3 is 0 Å². The van der Waals surface area contributed by atoms with E-state index in [9.17, 15) is 0 Å². The Hall–Kier alpha value is -0.130. The van der Waals surface area contributed by atoms with Crippen LogP contribution in [0, 0.1) is 11.8 Å². The minimum Gasteiger partial charge on any atom is -0.302 e. The van der Waals surface area contributed by atoms with Crippen molar-refractivity contribution in [3.63, 3.8) is 0 Å². The second kappa shape index (κ2) is 6.75. The molecule has 2 aliphatic rings. The van der Waals surface area contributed by atoms with Crippen LogP contribution in [0.25, 0.3) is 0 Å². The molecule has 5 heteroatoms. The van der Waals surface area contributed by atoms with Crippen LogP contribution in [0.2, 0.25) is 0 Å². The van der Waals surface area contributed by atoms with Gasteiger partial charge in [0.2, 0.25) is 0 Å². The van der Waals surface area contributed by atoms with Crippen LogP contribution in [0.5, 0.6) is 0 Å². The first kappa shape index (κ1) is 14.8. The van der Waals surface area contributed by atoms with Crippen molar-refractivity contribution in [3.8, 4) is 0 Å². The maximum atomic E-state index is 4.66. The second-order valence-corrected chi connectivity index (χ2v) is 8.22. The van der Waals surface area contributed by atoms with Gasteiger partial charge < -0.3 is 4.90 Å². The van der Waals surface area contributed by atoms with Crippen LogP contribution in [0.15, 0.2) is 5.03 Å². The molecule has 1 unspecified atom stereocenters. The third kappa shape index (κ3) is 3.37. The third-order valence-corrected chi connectivity index (χ3v) is 6.29. The number of hydrogen-bond acceptors (Lipinski definition) is 5. The maximum Gasteiger partial charge on any atom is 0.134 e. The van der Waals surface area contributed by atoms with Crippen LogP contribution in [0.4, 0.5) is 0 Å². The van der Waals surface area contributed by atoms with Crippen molar-refractivity contribution in [3.05, 3.63) is 5.69 Å². The van der Waals surface area contributed by atoms with E-state index < -0.39 is 0 Å². The molecule has 0 spiro atoms. The van der Waals surface area contributed by atoms with Crippen molar-refractivity contribution in [2.24, 2.45) is 11.8 Å². The van der Waals surface area contributed by atoms with Gasteiger partial charge in [0.1, 0.15) is 5.03 Å². The van der Waals surface area contributed by atoms with E-state index in [0.717, 1.165) is 11.8 Å². The van der Waals surface area contributed by atoms with Gasteiger partial charge in [0.05, 0.1) is 17.4 Å². The predicted octanol–water partition coefficient (Wildman–Crippen LogP) is 3.88. The molecule has 0 amide bonds. The zero-order chi connectivity index (χ0) is 13.9. The molecule has 3 nitrogen and oxygen atoms in total. The summed E-state index contributed by atoms with van der Waals surface area (Å²) >= 11 is 3.35. The molecule has 0 radical (unpaired) electrons. The second-order valence-electron chi connectivity index (χ2n) is 6.61. The summed E-state index contributed by atoms with van der Waals surface area (Å²) < 4.78 is 9.22. The first-order chi connectivity index (χ1) is 9.74. The number of hydrogen-bond donors (Lipinski definition) is 0. The lowest BCUT2D eigenvalue weighted by Gasteiger charge is -2.21. The normalized spacial score (nSPS) is 29.2. The van der Waals surface area contributed by atoms with Gasteiger partial charge in [0, 0.05) is 19.0 Å². The average molecular weight is 312 g/mol. The third-order valence-electron chi connectivity index (χ3n) is 4.56. The van der Waals surface area contributed by atoms with Crippen LogP contribution >= 0.6 is 23.5 Å². The molecule has 0 saturated carbocycles. The van der Waals surface area contributed by atoms with Crippen molar-refractivity contribution < 1.29 is 0 Å². The van der Waals surface area contributed by atoms with E-state index in [1.165, 1.54) is 73.5 Å². The molecular weight excluding hydrogens is 286 g/mol. The molecule has 2 fully saturated rings. The monoisotopic (exact) mass is 311 g/mol. The zero-order valence-electron chi connectivity index (χ0n) is 12.5. The van der Waals surface area contributed by atoms with Crippen LogP contribution in [0.3, 0.4) is 0 Å². The van der Waals surface area contributed by atoms with E-state index in [1.54, 1.807) is 0 Å². The number of rotatable bonds is 6. The van der Waals surface area contributed by atoms with E-state index >= 15 is 0 Å². The SMILES string of the molecule is CC(C)CCCSc1nsnc1[C@@H]1CN2CCC[C@@H]1C2. The van der Waals surface area contributed by atoms with Crippen molar-refractivity contribution in [2.45, 2.75) is 50.5 Å². The zero-order valence-corrected chi connectivity index (χ0v) is 14.2. The Morgan fingerprint density at radius 2 is 2.25 bits per heavy atom. The van der Waals surface area contributed by atoms with Gasteiger partial charge in [-0.05, 0) is 43.4 Å². The molecule has 0 N–H and O–H groups in total. The number of nitrogens with zero attached hydrogens (tertiary/aromatic N) is 3. The molecule has 2 aliphatic heterocycles. The van der Waals surface area contributed by atoms with Gasteiger partial charge in [-0.15, -0.1) is 11.8 Å². The molecule has 3 heterocycles. The van der Waals surface area contributed by atoms with Gasteiger partial charge in [-0.2, -0.15) is 8.75 Å². The molecule has 20 heavy (non-hydrogen) atoms. The molecule has 0 aliphatic carbocycles. The quantitative estimate of drug-likeness (QED) is 0.589. The molecule has 1 aromatic rings. The Bertz CT molecular complexity index is 433. The topological polar surface area (TPSA) is 29.0 Å². The summed E-state index contributed by atoms with van der Waals surface area (Å²) in [6.45, 7) is 8.40. The Morgan fingerprint density at radius 1 is 1.35 bits per heavy atom. The highest BCUT2D eigenvalue weighted by Crippen LogP contribution is 2.41. The van der Waals surface area contributed by atoms with Crippen molar-refractivity contribution in [1.29, 1.82) is 0 Å². The van der Waals surface area contributed by atoms with Crippen molar-refractivity contribution in [1.82, 2.24) is 13.6 Å². The number of fused-ring (bicyclic) bond motifs is 2. The minimum atomic E-state index is 0.656. The smallest absolute Gasteiger partial charge is 0.134 e. The van der Waals surface area contributed by atoms with Crippen molar-refractivity contribution >= 4 is 23.5 Å². The Kier molecular flexibility index (Phi) is 5.00. The lowest BCUT2D eigenvalue weighted by molar-refractivity contribution is 0.269. The summed E-state index contributed by atoms with van der Waals surface area (Å²) in [6, 6.07) is 0. The first-order valence-electron chi connectivity index (χ1n) is 7.91. The summed E-state index contributed by atoms with van der Waals surface area (Å²) in [5.41, 5.74) is 1.32. The lowest BCUT2D eigenvalue weighted by Crippen LogP contribution is -2.25. The fraction of sp³-hybridized carbons (Fsp3) is 0.867. The van der Waals surface area contributed by atoms with Crippen LogP contribution < -0.4 is 0 Å². The fourth-order valence-electron chi connectivity index (χ4n) is 3.50. The Balaban J connectivity index is 1.59. The van der Waals surface area contributed by atoms with Gasteiger partial charge in [-0.3, -0.25) is 0 Å². The molecule has 2 bridgehead atoms. The van der Waals surface area contributed by atoms with E-state index in [0.29, 0.717) is 5.92 Å². The van der Waals surface area contributed by atoms with Crippen LogP contribution in [-0.4, -0.2) is 39.0 Å². The summed E-state index contributed by atoms with van der Waals surface area (Å²) in [5.74, 6) is 3.49. The Labute approximate surface area is 130 Å². The predicted molar refractivity (Wildman–Crippen MR) is 86.6 cm³/mol. The van der Waals surface area contributed by atoms with Gasteiger partial charge in [-0.1, -0.05) is 20.3 Å². The van der Waals surface area contributed by atoms with Gasteiger partial charge in [-0.25, -0.2) is 0 Å². The summed E-state index contributed by atoms with van der Waals surface area (Å²) in [4.78, 5) is 2.62. The van der Waals surface area contributed by atoms with Crippen molar-refractivity contribution in [2.75, 3.05) is 25.4 Å². The molecule has 1 aromatic heterocycles. The summed E-state index contributed by atoms with van der Waals surface area (Å²) in [5, 5.41) is 1.23. The minimum absolute atomic E-state index is 0.656. The fourth-order valence-corrected chi connectivity index (χ4v) is 5.23. The summed E-state index contributed by atoms with van der Waals surface area (Å²) in [6.07, 6.45) is 5.37. The molecular formula is C15H25N3S2. The molecule has 3 rings (SSSR count). The number of piperidine rings is 1. The van der Waals surface area contributed by atoms with Gasteiger partial charge in [0.15, 0.2) is 0 Å². The van der Waals surface area contributed by atoms with Crippen LogP contribution in [0.1, 0.15) is 51.1 Å². The molecule has 112 valence electrons. The first-order valence-corrected chi connectivity index (χ1v) is 9.63. The highest BCUT2D eigenvalue weighted by Gasteiger charge is 2.38.